The highest BCUT2D eigenvalue weighted by molar-refractivity contribution is 5.80. The predicted octanol–water partition coefficient (Wildman–Crippen LogP) is 2.20. The molecule has 0 saturated carbocycles. The molecule has 0 aliphatic carbocycles. The van der Waals surface area contributed by atoms with E-state index in [0.29, 0.717) is 5.75 Å². The van der Waals surface area contributed by atoms with Crippen LogP contribution in [0.15, 0.2) is 24.3 Å². The minimum atomic E-state index is -0.904. The van der Waals surface area contributed by atoms with Crippen molar-refractivity contribution in [1.29, 1.82) is 0 Å². The Morgan fingerprint density at radius 3 is 2.43 bits per heavy atom. The van der Waals surface area contributed by atoms with E-state index in [1.54, 1.807) is 14.0 Å². The number of benzene rings is 1. The Morgan fingerprint density at radius 1 is 1.24 bits per heavy atom. The van der Waals surface area contributed by atoms with E-state index in [2.05, 4.69) is 0 Å². The van der Waals surface area contributed by atoms with Gasteiger partial charge in [0.15, 0.2) is 0 Å². The van der Waals surface area contributed by atoms with Crippen LogP contribution in [0.3, 0.4) is 0 Å². The number of nitrogens with zero attached hydrogens (tertiary/aromatic N) is 1. The molecule has 0 heterocycles. The lowest BCUT2D eigenvalue weighted by molar-refractivity contribution is -0.142. The third-order valence-electron chi connectivity index (χ3n) is 3.07. The van der Waals surface area contributed by atoms with Gasteiger partial charge in [-0.1, -0.05) is 25.1 Å². The molecule has 5 nitrogen and oxygen atoms in total. The van der Waals surface area contributed by atoms with E-state index >= 15 is 0 Å². The molecule has 0 aromatic heterocycles. The van der Waals surface area contributed by atoms with Crippen LogP contribution in [0.1, 0.15) is 26.3 Å². The molecule has 0 aliphatic heterocycles. The van der Waals surface area contributed by atoms with Crippen LogP contribution in [-0.2, 0) is 16.0 Å². The first-order valence-electron chi connectivity index (χ1n) is 7.02. The number of amides is 1. The maximum atomic E-state index is 12.2. The molecular formula is C16H23NO4. The lowest BCUT2D eigenvalue weighted by Gasteiger charge is -2.20. The lowest BCUT2D eigenvalue weighted by Crippen LogP contribution is -2.34. The van der Waals surface area contributed by atoms with Crippen molar-refractivity contribution in [2.24, 2.45) is 5.92 Å². The van der Waals surface area contributed by atoms with Gasteiger partial charge in [0.2, 0.25) is 5.91 Å². The highest BCUT2D eigenvalue weighted by atomic mass is 16.5. The Morgan fingerprint density at radius 2 is 1.86 bits per heavy atom. The Hall–Kier alpha value is -2.04. The van der Waals surface area contributed by atoms with Crippen LogP contribution >= 0.6 is 0 Å². The first kappa shape index (κ1) is 17.0. The fraction of sp³-hybridized carbons (Fsp3) is 0.500. The molecule has 0 radical (unpaired) electrons. The van der Waals surface area contributed by atoms with Crippen molar-refractivity contribution in [2.75, 3.05) is 13.6 Å². The topological polar surface area (TPSA) is 66.8 Å². The Labute approximate surface area is 125 Å². The van der Waals surface area contributed by atoms with E-state index in [4.69, 9.17) is 9.84 Å². The summed E-state index contributed by atoms with van der Waals surface area (Å²) in [7, 11) is 1.62. The van der Waals surface area contributed by atoms with Crippen LogP contribution in [0.25, 0.3) is 0 Å². The molecule has 0 spiro atoms. The summed E-state index contributed by atoms with van der Waals surface area (Å²) in [5, 5.41) is 8.89. The van der Waals surface area contributed by atoms with E-state index in [-0.39, 0.29) is 25.0 Å². The van der Waals surface area contributed by atoms with Crippen molar-refractivity contribution in [2.45, 2.75) is 33.3 Å². The monoisotopic (exact) mass is 293 g/mol. The van der Waals surface area contributed by atoms with E-state index < -0.39 is 11.9 Å². The number of ether oxygens (including phenoxy) is 1. The van der Waals surface area contributed by atoms with Gasteiger partial charge in [0.1, 0.15) is 5.75 Å². The van der Waals surface area contributed by atoms with E-state index in [0.717, 1.165) is 5.56 Å². The molecule has 0 bridgehead atoms. The minimum Gasteiger partial charge on any atom is -0.491 e. The standard InChI is InChI=1S/C16H23NO4/c1-11(2)21-14-8-6-5-7-13(14)9-15(18)17(4)10-12(3)16(19)20/h5-8,11-12H,9-10H2,1-4H3,(H,19,20). The molecule has 0 saturated heterocycles. The number of carbonyl (C=O) groups excluding carboxylic acids is 1. The van der Waals surface area contributed by atoms with Gasteiger partial charge in [0.05, 0.1) is 18.4 Å². The van der Waals surface area contributed by atoms with Crippen LogP contribution < -0.4 is 4.74 Å². The summed E-state index contributed by atoms with van der Waals surface area (Å²) in [5.41, 5.74) is 0.811. The quantitative estimate of drug-likeness (QED) is 0.837. The molecule has 1 amide bonds. The molecule has 1 aromatic rings. The summed E-state index contributed by atoms with van der Waals surface area (Å²) >= 11 is 0. The molecule has 1 unspecified atom stereocenters. The van der Waals surface area contributed by atoms with E-state index in [9.17, 15) is 9.59 Å². The third kappa shape index (κ3) is 5.45. The zero-order valence-corrected chi connectivity index (χ0v) is 13.0. The van der Waals surface area contributed by atoms with Crippen molar-refractivity contribution in [3.63, 3.8) is 0 Å². The average molecular weight is 293 g/mol. The molecule has 21 heavy (non-hydrogen) atoms. The molecule has 116 valence electrons. The Balaban J connectivity index is 2.72. The maximum absolute atomic E-state index is 12.2. The molecule has 1 atom stereocenters. The molecule has 0 fully saturated rings. The molecule has 1 aromatic carbocycles. The Kier molecular flexibility index (Phi) is 6.21. The van der Waals surface area contributed by atoms with Crippen LogP contribution in [0.2, 0.25) is 0 Å². The smallest absolute Gasteiger partial charge is 0.308 e. The number of carbonyl (C=O) groups is 2. The van der Waals surface area contributed by atoms with E-state index in [1.165, 1.54) is 4.90 Å². The van der Waals surface area contributed by atoms with Gasteiger partial charge < -0.3 is 14.7 Å². The van der Waals surface area contributed by atoms with E-state index in [1.807, 2.05) is 38.1 Å². The number of hydrogen-bond donors (Lipinski definition) is 1. The van der Waals surface area contributed by atoms with Gasteiger partial charge in [-0.2, -0.15) is 0 Å². The molecule has 0 aliphatic rings. The third-order valence-corrected chi connectivity index (χ3v) is 3.07. The first-order chi connectivity index (χ1) is 9.81. The SMILES string of the molecule is CC(C)Oc1ccccc1CC(=O)N(C)CC(C)C(=O)O. The average Bonchev–Trinajstić information content (AvgIpc) is 2.40. The summed E-state index contributed by atoms with van der Waals surface area (Å²) in [4.78, 5) is 24.5. The van der Waals surface area contributed by atoms with Gasteiger partial charge in [-0.15, -0.1) is 0 Å². The summed E-state index contributed by atoms with van der Waals surface area (Å²) in [6, 6.07) is 7.41. The maximum Gasteiger partial charge on any atom is 0.308 e. The summed E-state index contributed by atoms with van der Waals surface area (Å²) in [5.74, 6) is -0.914. The molecule has 5 heteroatoms. The van der Waals surface area contributed by atoms with Gasteiger partial charge in [-0.3, -0.25) is 9.59 Å². The molecule has 1 rings (SSSR count). The predicted molar refractivity (Wildman–Crippen MR) is 80.3 cm³/mol. The highest BCUT2D eigenvalue weighted by Crippen LogP contribution is 2.20. The minimum absolute atomic E-state index is 0.0333. The van der Waals surface area contributed by atoms with Crippen molar-refractivity contribution in [3.8, 4) is 5.75 Å². The summed E-state index contributed by atoms with van der Waals surface area (Å²) < 4.78 is 5.68. The van der Waals surface area contributed by atoms with Crippen LogP contribution in [0.5, 0.6) is 5.75 Å². The molecule has 1 N–H and O–H groups in total. The highest BCUT2D eigenvalue weighted by Gasteiger charge is 2.18. The second-order valence-electron chi connectivity index (χ2n) is 5.46. The molecular weight excluding hydrogens is 270 g/mol. The number of carboxylic acids is 1. The van der Waals surface area contributed by atoms with Gasteiger partial charge >= 0.3 is 5.97 Å². The second kappa shape index (κ2) is 7.67. The zero-order chi connectivity index (χ0) is 16.0. The van der Waals surface area contributed by atoms with Crippen molar-refractivity contribution >= 4 is 11.9 Å². The van der Waals surface area contributed by atoms with Crippen LogP contribution in [-0.4, -0.2) is 41.6 Å². The number of likely N-dealkylation sites (N-methyl/N-ethyl adjacent to an activating group) is 1. The van der Waals surface area contributed by atoms with Gasteiger partial charge in [0, 0.05) is 19.2 Å². The number of rotatable bonds is 7. The van der Waals surface area contributed by atoms with Crippen LogP contribution in [0, 0.1) is 5.92 Å². The van der Waals surface area contributed by atoms with Crippen molar-refractivity contribution in [3.05, 3.63) is 29.8 Å². The fourth-order valence-electron chi connectivity index (χ4n) is 1.91. The van der Waals surface area contributed by atoms with Gasteiger partial charge in [-0.05, 0) is 19.9 Å². The lowest BCUT2D eigenvalue weighted by atomic mass is 10.1. The van der Waals surface area contributed by atoms with Crippen LogP contribution in [0.4, 0.5) is 0 Å². The van der Waals surface area contributed by atoms with Gasteiger partial charge in [0.25, 0.3) is 0 Å². The summed E-state index contributed by atoms with van der Waals surface area (Å²) in [6.45, 7) is 5.64. The fourth-order valence-corrected chi connectivity index (χ4v) is 1.91. The Bertz CT molecular complexity index is 499. The van der Waals surface area contributed by atoms with Gasteiger partial charge in [-0.25, -0.2) is 0 Å². The number of carboxylic acid groups (broad SMARTS) is 1. The number of para-hydroxylation sites is 1. The number of hydrogen-bond acceptors (Lipinski definition) is 3. The first-order valence-corrected chi connectivity index (χ1v) is 7.02. The summed E-state index contributed by atoms with van der Waals surface area (Å²) in [6.07, 6.45) is 0.233. The van der Waals surface area contributed by atoms with Crippen molar-refractivity contribution in [1.82, 2.24) is 4.90 Å². The number of aliphatic carboxylic acids is 1. The normalized spacial score (nSPS) is 12.0. The zero-order valence-electron chi connectivity index (χ0n) is 13.0. The van der Waals surface area contributed by atoms with Crippen molar-refractivity contribution < 1.29 is 19.4 Å². The largest absolute Gasteiger partial charge is 0.491 e. The second-order valence-corrected chi connectivity index (χ2v) is 5.46.